The van der Waals surface area contributed by atoms with Gasteiger partial charge in [0.1, 0.15) is 0 Å². The quantitative estimate of drug-likeness (QED) is 0.718. The summed E-state index contributed by atoms with van der Waals surface area (Å²) in [5.41, 5.74) is 1.77. The smallest absolute Gasteiger partial charge is 0.0839 e. The molecule has 0 aliphatic carbocycles. The van der Waals surface area contributed by atoms with E-state index in [1.165, 1.54) is 0 Å². The molecule has 1 rings (SSSR count). The zero-order valence-electron chi connectivity index (χ0n) is 8.70. The Morgan fingerprint density at radius 1 is 1.38 bits per heavy atom. The Labute approximate surface area is 79.6 Å². The third-order valence-electron chi connectivity index (χ3n) is 2.06. The lowest BCUT2D eigenvalue weighted by atomic mass is 9.85. The first-order valence-electron chi connectivity index (χ1n) is 4.52. The highest BCUT2D eigenvalue weighted by atomic mass is 16.3. The largest absolute Gasteiger partial charge is 0.388 e. The van der Waals surface area contributed by atoms with Gasteiger partial charge in [-0.3, -0.25) is 4.98 Å². The van der Waals surface area contributed by atoms with Crippen molar-refractivity contribution in [1.29, 1.82) is 0 Å². The summed E-state index contributed by atoms with van der Waals surface area (Å²) in [6, 6.07) is 3.79. The fourth-order valence-corrected chi connectivity index (χ4v) is 1.24. The number of aryl methyl sites for hydroxylation is 1. The SMILES string of the molecule is Cc1cc(C(O)C(C)(C)C)ccn1. The average molecular weight is 179 g/mol. The van der Waals surface area contributed by atoms with Crippen molar-refractivity contribution < 1.29 is 5.11 Å². The van der Waals surface area contributed by atoms with E-state index in [1.54, 1.807) is 6.20 Å². The summed E-state index contributed by atoms with van der Waals surface area (Å²) in [5.74, 6) is 0. The van der Waals surface area contributed by atoms with Crippen LogP contribution in [-0.4, -0.2) is 10.1 Å². The summed E-state index contributed by atoms with van der Waals surface area (Å²) in [7, 11) is 0. The Morgan fingerprint density at radius 3 is 2.46 bits per heavy atom. The Morgan fingerprint density at radius 2 is 2.00 bits per heavy atom. The maximum absolute atomic E-state index is 9.95. The molecule has 2 heteroatoms. The van der Waals surface area contributed by atoms with Crippen molar-refractivity contribution in [1.82, 2.24) is 4.98 Å². The van der Waals surface area contributed by atoms with Gasteiger partial charge in [0.05, 0.1) is 6.10 Å². The summed E-state index contributed by atoms with van der Waals surface area (Å²) >= 11 is 0. The summed E-state index contributed by atoms with van der Waals surface area (Å²) in [4.78, 5) is 4.09. The maximum atomic E-state index is 9.95. The van der Waals surface area contributed by atoms with Crippen LogP contribution in [0, 0.1) is 12.3 Å². The van der Waals surface area contributed by atoms with E-state index in [-0.39, 0.29) is 5.41 Å². The van der Waals surface area contributed by atoms with Crippen LogP contribution in [0.4, 0.5) is 0 Å². The van der Waals surface area contributed by atoms with Gasteiger partial charge in [-0.2, -0.15) is 0 Å². The second-order valence-electron chi connectivity index (χ2n) is 4.50. The lowest BCUT2D eigenvalue weighted by Crippen LogP contribution is -2.17. The molecule has 0 saturated carbocycles. The number of aromatic nitrogens is 1. The molecule has 0 radical (unpaired) electrons. The number of hydrogen-bond donors (Lipinski definition) is 1. The molecular formula is C11H17NO. The van der Waals surface area contributed by atoms with Crippen molar-refractivity contribution in [2.75, 3.05) is 0 Å². The minimum Gasteiger partial charge on any atom is -0.388 e. The number of nitrogens with zero attached hydrogens (tertiary/aromatic N) is 1. The van der Waals surface area contributed by atoms with Crippen molar-refractivity contribution in [3.63, 3.8) is 0 Å². The van der Waals surface area contributed by atoms with Crippen LogP contribution >= 0.6 is 0 Å². The van der Waals surface area contributed by atoms with Crippen LogP contribution in [0.1, 0.15) is 38.1 Å². The van der Waals surface area contributed by atoms with Crippen LogP contribution in [0.3, 0.4) is 0 Å². The highest BCUT2D eigenvalue weighted by molar-refractivity contribution is 5.19. The standard InChI is InChI=1S/C11H17NO/c1-8-7-9(5-6-12-8)10(13)11(2,3)4/h5-7,10,13H,1-4H3. The third-order valence-corrected chi connectivity index (χ3v) is 2.06. The van der Waals surface area contributed by atoms with Crippen LogP contribution < -0.4 is 0 Å². The van der Waals surface area contributed by atoms with Gasteiger partial charge in [0, 0.05) is 11.9 Å². The molecule has 1 heterocycles. The topological polar surface area (TPSA) is 33.1 Å². The Kier molecular flexibility index (Phi) is 2.71. The van der Waals surface area contributed by atoms with E-state index in [9.17, 15) is 5.11 Å². The van der Waals surface area contributed by atoms with Crippen molar-refractivity contribution in [3.8, 4) is 0 Å². The number of aliphatic hydroxyl groups is 1. The molecule has 0 aliphatic rings. The second-order valence-corrected chi connectivity index (χ2v) is 4.50. The van der Waals surface area contributed by atoms with Crippen LogP contribution in [0.25, 0.3) is 0 Å². The maximum Gasteiger partial charge on any atom is 0.0839 e. The third kappa shape index (κ3) is 2.52. The van der Waals surface area contributed by atoms with E-state index < -0.39 is 6.10 Å². The van der Waals surface area contributed by atoms with Crippen LogP contribution in [0.2, 0.25) is 0 Å². The Balaban J connectivity index is 2.96. The first kappa shape index (κ1) is 10.2. The summed E-state index contributed by atoms with van der Waals surface area (Å²) in [6.07, 6.45) is 1.31. The van der Waals surface area contributed by atoms with Gasteiger partial charge in [-0.15, -0.1) is 0 Å². The Bertz CT molecular complexity index is 288. The predicted molar refractivity (Wildman–Crippen MR) is 53.4 cm³/mol. The van der Waals surface area contributed by atoms with Crippen molar-refractivity contribution in [3.05, 3.63) is 29.6 Å². The van der Waals surface area contributed by atoms with Crippen molar-refractivity contribution >= 4 is 0 Å². The van der Waals surface area contributed by atoms with Gasteiger partial charge in [-0.1, -0.05) is 20.8 Å². The van der Waals surface area contributed by atoms with Gasteiger partial charge in [-0.25, -0.2) is 0 Å². The summed E-state index contributed by atoms with van der Waals surface area (Å²) in [6.45, 7) is 7.99. The van der Waals surface area contributed by atoms with Gasteiger partial charge >= 0.3 is 0 Å². The Hall–Kier alpha value is -0.890. The molecule has 1 atom stereocenters. The van der Waals surface area contributed by atoms with Gasteiger partial charge in [-0.05, 0) is 30.0 Å². The molecule has 1 unspecified atom stereocenters. The fraction of sp³-hybridized carbons (Fsp3) is 0.545. The molecule has 0 amide bonds. The molecule has 0 saturated heterocycles. The van der Waals surface area contributed by atoms with Gasteiger partial charge in [0.2, 0.25) is 0 Å². The number of pyridine rings is 1. The number of rotatable bonds is 1. The molecule has 0 fully saturated rings. The monoisotopic (exact) mass is 179 g/mol. The van der Waals surface area contributed by atoms with E-state index in [4.69, 9.17) is 0 Å². The van der Waals surface area contributed by atoms with E-state index in [0.717, 1.165) is 11.3 Å². The number of aliphatic hydroxyl groups excluding tert-OH is 1. The van der Waals surface area contributed by atoms with Crippen LogP contribution in [0.15, 0.2) is 18.3 Å². The molecule has 72 valence electrons. The molecule has 13 heavy (non-hydrogen) atoms. The van der Waals surface area contributed by atoms with E-state index in [2.05, 4.69) is 4.98 Å². The lowest BCUT2D eigenvalue weighted by molar-refractivity contribution is 0.0625. The van der Waals surface area contributed by atoms with Crippen LogP contribution in [-0.2, 0) is 0 Å². The average Bonchev–Trinajstić information content (AvgIpc) is 2.01. The summed E-state index contributed by atoms with van der Waals surface area (Å²) < 4.78 is 0. The van der Waals surface area contributed by atoms with Gasteiger partial charge in [0.15, 0.2) is 0 Å². The molecule has 0 aromatic carbocycles. The molecule has 2 nitrogen and oxygen atoms in total. The first-order chi connectivity index (χ1) is 5.91. The van der Waals surface area contributed by atoms with Gasteiger partial charge < -0.3 is 5.11 Å². The fourth-order valence-electron chi connectivity index (χ4n) is 1.24. The first-order valence-corrected chi connectivity index (χ1v) is 4.52. The molecule has 1 aromatic rings. The van der Waals surface area contributed by atoms with Crippen molar-refractivity contribution in [2.45, 2.75) is 33.8 Å². The molecule has 0 aliphatic heterocycles. The highest BCUT2D eigenvalue weighted by Gasteiger charge is 2.23. The molecule has 0 spiro atoms. The second kappa shape index (κ2) is 3.46. The molecular weight excluding hydrogens is 162 g/mol. The van der Waals surface area contributed by atoms with E-state index in [0.29, 0.717) is 0 Å². The molecule has 1 aromatic heterocycles. The zero-order chi connectivity index (χ0) is 10.1. The predicted octanol–water partition coefficient (Wildman–Crippen LogP) is 2.47. The van der Waals surface area contributed by atoms with Gasteiger partial charge in [0.25, 0.3) is 0 Å². The van der Waals surface area contributed by atoms with E-state index in [1.807, 2.05) is 39.8 Å². The number of hydrogen-bond acceptors (Lipinski definition) is 2. The zero-order valence-corrected chi connectivity index (χ0v) is 8.70. The van der Waals surface area contributed by atoms with Crippen molar-refractivity contribution in [2.24, 2.45) is 5.41 Å². The highest BCUT2D eigenvalue weighted by Crippen LogP contribution is 2.32. The minimum absolute atomic E-state index is 0.117. The molecule has 0 bridgehead atoms. The van der Waals surface area contributed by atoms with Crippen LogP contribution in [0.5, 0.6) is 0 Å². The normalized spacial score (nSPS) is 14.2. The lowest BCUT2D eigenvalue weighted by Gasteiger charge is -2.26. The summed E-state index contributed by atoms with van der Waals surface area (Å²) in [5, 5.41) is 9.95. The van der Waals surface area contributed by atoms with E-state index >= 15 is 0 Å². The minimum atomic E-state index is -0.422. The molecule has 1 N–H and O–H groups in total.